The number of rotatable bonds is 3. The predicted molar refractivity (Wildman–Crippen MR) is 296 cm³/mol. The van der Waals surface area contributed by atoms with Crippen molar-refractivity contribution >= 4 is 94.4 Å². The number of furan rings is 1. The molecule has 4 heterocycles. The van der Waals surface area contributed by atoms with Crippen LogP contribution in [0.2, 0.25) is 0 Å². The summed E-state index contributed by atoms with van der Waals surface area (Å²) in [7, 11) is 0. The number of para-hydroxylation sites is 1. The highest BCUT2D eigenvalue weighted by Crippen LogP contribution is 2.54. The van der Waals surface area contributed by atoms with Gasteiger partial charge in [-0.3, -0.25) is 0 Å². The maximum absolute atomic E-state index is 6.36. The van der Waals surface area contributed by atoms with Crippen LogP contribution in [-0.2, 0) is 21.7 Å². The molecule has 0 saturated heterocycles. The Morgan fingerprint density at radius 2 is 0.710 bits per heavy atom. The number of aromatic nitrogens is 2. The Morgan fingerprint density at radius 1 is 0.333 bits per heavy atom. The molecule has 69 heavy (non-hydrogen) atoms. The smallest absolute Gasteiger partial charge is 0.135 e. The van der Waals surface area contributed by atoms with Crippen LogP contribution in [0, 0.1) is 0 Å². The number of nitrogens with zero attached hydrogens (tertiary/aromatic N) is 3. The second-order valence-electron chi connectivity index (χ2n) is 23.6. The molecule has 0 unspecified atom stereocenters. The number of anilines is 3. The zero-order chi connectivity index (χ0) is 48.1. The molecule has 1 aliphatic heterocycles. The molecule has 1 aliphatic rings. The van der Waals surface area contributed by atoms with E-state index < -0.39 is 0 Å². The number of fused-ring (bicyclic) bond motifs is 11. The minimum absolute atomic E-state index is 0.0259. The molecule has 0 aliphatic carbocycles. The van der Waals surface area contributed by atoms with Crippen molar-refractivity contribution in [3.8, 4) is 11.4 Å². The molecule has 0 radical (unpaired) electrons. The summed E-state index contributed by atoms with van der Waals surface area (Å²) in [6.07, 6.45) is 0. The minimum atomic E-state index is 0.0259. The Labute approximate surface area is 410 Å². The molecular formula is C64H61N3OS. The zero-order valence-electron chi connectivity index (χ0n) is 42.1. The molecule has 0 bridgehead atoms. The van der Waals surface area contributed by atoms with E-state index in [4.69, 9.17) is 4.42 Å². The maximum Gasteiger partial charge on any atom is 0.135 e. The van der Waals surface area contributed by atoms with Gasteiger partial charge in [-0.15, -0.1) is 0 Å². The van der Waals surface area contributed by atoms with Gasteiger partial charge in [-0.1, -0.05) is 137 Å². The lowest BCUT2D eigenvalue weighted by Gasteiger charge is -2.33. The third-order valence-corrected chi connectivity index (χ3v) is 15.8. The SMILES string of the molecule is CC(C)(C)c1ccc2c(c1)c1cc(C(C)(C)C)ccc1n2-c1ccc2c(c1)Sc1cc(-n3c4ccc(C(C)(C)C)cc4c4cc(C(C)(C)C)ccc43)ccc1N2c1ccc2oc3ccccc3c2c1. The molecule has 5 heteroatoms. The van der Waals surface area contributed by atoms with Gasteiger partial charge in [-0.2, -0.15) is 0 Å². The fourth-order valence-corrected chi connectivity index (χ4v) is 11.8. The summed E-state index contributed by atoms with van der Waals surface area (Å²) in [4.78, 5) is 4.87. The van der Waals surface area contributed by atoms with Gasteiger partial charge in [0.05, 0.1) is 33.4 Å². The first-order chi connectivity index (χ1) is 32.7. The quantitative estimate of drug-likeness (QED) is 0.177. The summed E-state index contributed by atoms with van der Waals surface area (Å²) in [5.41, 5.74) is 17.9. The van der Waals surface area contributed by atoms with Gasteiger partial charge in [0.15, 0.2) is 0 Å². The Hall–Kier alpha value is -6.69. The van der Waals surface area contributed by atoms with Gasteiger partial charge in [0.25, 0.3) is 0 Å². The second-order valence-corrected chi connectivity index (χ2v) is 24.7. The third-order valence-electron chi connectivity index (χ3n) is 14.7. The van der Waals surface area contributed by atoms with Crippen LogP contribution in [0.15, 0.2) is 166 Å². The molecule has 0 atom stereocenters. The minimum Gasteiger partial charge on any atom is -0.456 e. The van der Waals surface area contributed by atoms with Crippen LogP contribution in [0.1, 0.15) is 105 Å². The van der Waals surface area contributed by atoms with Crippen LogP contribution in [-0.4, -0.2) is 9.13 Å². The van der Waals surface area contributed by atoms with E-state index in [2.05, 4.69) is 243 Å². The van der Waals surface area contributed by atoms with Crippen molar-refractivity contribution < 1.29 is 4.42 Å². The van der Waals surface area contributed by atoms with Gasteiger partial charge >= 0.3 is 0 Å². The van der Waals surface area contributed by atoms with Crippen LogP contribution in [0.3, 0.4) is 0 Å². The zero-order valence-corrected chi connectivity index (χ0v) is 42.9. The lowest BCUT2D eigenvalue weighted by molar-refractivity contribution is 0.590. The van der Waals surface area contributed by atoms with E-state index in [-0.39, 0.29) is 21.7 Å². The molecule has 0 amide bonds. The van der Waals surface area contributed by atoms with Gasteiger partial charge < -0.3 is 18.5 Å². The molecule has 8 aromatic carbocycles. The summed E-state index contributed by atoms with van der Waals surface area (Å²) >= 11 is 1.87. The van der Waals surface area contributed by atoms with E-state index in [1.165, 1.54) is 75.7 Å². The maximum atomic E-state index is 6.36. The monoisotopic (exact) mass is 919 g/mol. The average molecular weight is 920 g/mol. The fraction of sp³-hybridized carbons (Fsp3) is 0.250. The summed E-state index contributed by atoms with van der Waals surface area (Å²) in [6, 6.07) is 57.6. The highest BCUT2D eigenvalue weighted by molar-refractivity contribution is 7.99. The predicted octanol–water partition coefficient (Wildman–Crippen LogP) is 18.9. The van der Waals surface area contributed by atoms with Crippen LogP contribution in [0.4, 0.5) is 17.1 Å². The van der Waals surface area contributed by atoms with Crippen LogP contribution < -0.4 is 4.90 Å². The Balaban J connectivity index is 1.08. The van der Waals surface area contributed by atoms with Crippen LogP contribution in [0.25, 0.3) is 76.9 Å². The summed E-state index contributed by atoms with van der Waals surface area (Å²) in [5.74, 6) is 0. The van der Waals surface area contributed by atoms with Gasteiger partial charge in [0, 0.05) is 59.2 Å². The standard InChI is InChI=1S/C64H61N3OS/c1-61(2,3)38-17-24-51-46(31-38)47-32-39(62(4,5)6)18-25-52(47)65(51)43-21-28-55-59(36-43)69-60-37-44(22-29-56(60)67(55)42-23-30-58-50(35-42)45-15-13-14-16-57(45)68-58)66-53-26-19-40(63(7,8)9)33-48(53)49-34-41(64(10,11)12)20-27-54(49)66/h13-37H,1-12H3. The van der Waals surface area contributed by atoms with Gasteiger partial charge in [-0.25, -0.2) is 0 Å². The highest BCUT2D eigenvalue weighted by Gasteiger charge is 2.29. The first kappa shape index (κ1) is 43.6. The van der Waals surface area contributed by atoms with Crippen molar-refractivity contribution in [2.45, 2.75) is 115 Å². The molecule has 4 nitrogen and oxygen atoms in total. The molecular weight excluding hydrogens is 859 g/mol. The number of hydrogen-bond acceptors (Lipinski definition) is 3. The first-order valence-corrected chi connectivity index (χ1v) is 25.4. The fourth-order valence-electron chi connectivity index (χ4n) is 10.7. The summed E-state index contributed by atoms with van der Waals surface area (Å²) in [5, 5.41) is 7.41. The molecule has 12 rings (SSSR count). The molecule has 0 N–H and O–H groups in total. The van der Waals surface area contributed by atoms with Crippen molar-refractivity contribution in [2.75, 3.05) is 4.90 Å². The Morgan fingerprint density at radius 3 is 1.12 bits per heavy atom. The molecule has 11 aromatic rings. The molecule has 0 saturated carbocycles. The lowest BCUT2D eigenvalue weighted by Crippen LogP contribution is -2.15. The summed E-state index contributed by atoms with van der Waals surface area (Å²) in [6.45, 7) is 27.7. The van der Waals surface area contributed by atoms with Gasteiger partial charge in [0.2, 0.25) is 0 Å². The van der Waals surface area contributed by atoms with E-state index in [1.54, 1.807) is 0 Å². The van der Waals surface area contributed by atoms with Crippen molar-refractivity contribution in [2.24, 2.45) is 0 Å². The topological polar surface area (TPSA) is 26.2 Å². The van der Waals surface area contributed by atoms with Crippen LogP contribution in [0.5, 0.6) is 0 Å². The molecule has 3 aromatic heterocycles. The van der Waals surface area contributed by atoms with Crippen molar-refractivity contribution in [1.29, 1.82) is 0 Å². The van der Waals surface area contributed by atoms with Gasteiger partial charge in [0.1, 0.15) is 11.2 Å². The van der Waals surface area contributed by atoms with Crippen LogP contribution >= 0.6 is 11.8 Å². The van der Waals surface area contributed by atoms with Crippen molar-refractivity contribution in [1.82, 2.24) is 9.13 Å². The van der Waals surface area contributed by atoms with Crippen molar-refractivity contribution in [3.63, 3.8) is 0 Å². The highest BCUT2D eigenvalue weighted by atomic mass is 32.2. The number of hydrogen-bond donors (Lipinski definition) is 0. The van der Waals surface area contributed by atoms with E-state index in [0.29, 0.717) is 0 Å². The average Bonchev–Trinajstić information content (AvgIpc) is 3.95. The Bertz CT molecular complexity index is 3580. The molecule has 0 fully saturated rings. The van der Waals surface area contributed by atoms with Gasteiger partial charge in [-0.05, 0) is 153 Å². The molecule has 0 spiro atoms. The van der Waals surface area contributed by atoms with E-state index in [9.17, 15) is 0 Å². The van der Waals surface area contributed by atoms with E-state index in [1.807, 2.05) is 17.8 Å². The molecule has 344 valence electrons. The van der Waals surface area contributed by atoms with E-state index >= 15 is 0 Å². The third kappa shape index (κ3) is 7.02. The van der Waals surface area contributed by atoms with E-state index in [0.717, 1.165) is 50.4 Å². The summed E-state index contributed by atoms with van der Waals surface area (Å²) < 4.78 is 11.3. The van der Waals surface area contributed by atoms with Crippen molar-refractivity contribution in [3.05, 3.63) is 174 Å². The lowest BCUT2D eigenvalue weighted by atomic mass is 9.85. The first-order valence-electron chi connectivity index (χ1n) is 24.6. The second kappa shape index (κ2) is 14.9. The normalized spacial score (nSPS) is 13.7. The Kier molecular flexibility index (Phi) is 9.42. The number of benzene rings is 8. The largest absolute Gasteiger partial charge is 0.456 e.